The molecule has 0 atom stereocenters. The molecule has 0 N–H and O–H groups in total. The number of para-hydroxylation sites is 1. The van der Waals surface area contributed by atoms with Gasteiger partial charge in [0.05, 0.1) is 16.1 Å². The molecule has 0 saturated carbocycles. The lowest BCUT2D eigenvalue weighted by Gasteiger charge is -2.12. The molecule has 0 heterocycles. The molecule has 0 saturated heterocycles. The maximum absolute atomic E-state index is 12.9. The van der Waals surface area contributed by atoms with Crippen LogP contribution < -0.4 is 0 Å². The normalized spacial score (nSPS) is 11.3. The van der Waals surface area contributed by atoms with Crippen LogP contribution in [0.15, 0.2) is 42.5 Å². The zero-order chi connectivity index (χ0) is 14.0. The van der Waals surface area contributed by atoms with E-state index in [-0.39, 0.29) is 16.8 Å². The third-order valence-corrected chi connectivity index (χ3v) is 2.56. The lowest BCUT2D eigenvalue weighted by atomic mass is 9.98. The van der Waals surface area contributed by atoms with Crippen LogP contribution in [0.25, 0.3) is 11.1 Å². The van der Waals surface area contributed by atoms with Gasteiger partial charge >= 0.3 is 6.18 Å². The molecule has 2 rings (SSSR count). The summed E-state index contributed by atoms with van der Waals surface area (Å²) in [5, 5.41) is 10.9. The van der Waals surface area contributed by atoms with Crippen molar-refractivity contribution in [2.45, 2.75) is 6.18 Å². The first-order valence-corrected chi connectivity index (χ1v) is 5.22. The van der Waals surface area contributed by atoms with E-state index in [9.17, 15) is 23.3 Å². The number of benzene rings is 2. The second kappa shape index (κ2) is 4.72. The van der Waals surface area contributed by atoms with Gasteiger partial charge in [-0.05, 0) is 18.2 Å². The highest BCUT2D eigenvalue weighted by molar-refractivity contribution is 5.76. The first kappa shape index (κ1) is 13.1. The Morgan fingerprint density at radius 3 is 2.42 bits per heavy atom. The second-order valence-corrected chi connectivity index (χ2v) is 3.74. The van der Waals surface area contributed by atoms with Crippen molar-refractivity contribution in [2.24, 2.45) is 0 Å². The second-order valence-electron chi connectivity index (χ2n) is 3.74. The lowest BCUT2D eigenvalue weighted by Crippen LogP contribution is -2.07. The predicted molar refractivity (Wildman–Crippen MR) is 62.4 cm³/mol. The van der Waals surface area contributed by atoms with Crippen LogP contribution in [-0.4, -0.2) is 4.92 Å². The van der Waals surface area contributed by atoms with Gasteiger partial charge in [0.1, 0.15) is 0 Å². The summed E-state index contributed by atoms with van der Waals surface area (Å²) in [4.78, 5) is 10.2. The summed E-state index contributed by atoms with van der Waals surface area (Å²) in [6.45, 7) is 0. The van der Waals surface area contributed by atoms with Gasteiger partial charge < -0.3 is 0 Å². The largest absolute Gasteiger partial charge is 0.417 e. The SMILES string of the molecule is O=[N+]([O-])c1ccccc1-c1cc[c]cc1C(F)(F)F. The molecule has 0 aliphatic carbocycles. The first-order valence-electron chi connectivity index (χ1n) is 5.22. The van der Waals surface area contributed by atoms with Crippen LogP contribution in [0.4, 0.5) is 18.9 Å². The summed E-state index contributed by atoms with van der Waals surface area (Å²) >= 11 is 0. The fourth-order valence-corrected chi connectivity index (χ4v) is 1.76. The number of nitro benzene ring substituents is 1. The van der Waals surface area contributed by atoms with Crippen molar-refractivity contribution in [2.75, 3.05) is 0 Å². The summed E-state index contributed by atoms with van der Waals surface area (Å²) in [6, 6.07) is 10.9. The zero-order valence-corrected chi connectivity index (χ0v) is 9.44. The number of nitrogens with zero attached hydrogens (tertiary/aromatic N) is 1. The minimum absolute atomic E-state index is 0.0613. The molecule has 0 amide bonds. The van der Waals surface area contributed by atoms with E-state index in [0.29, 0.717) is 0 Å². The Morgan fingerprint density at radius 2 is 1.79 bits per heavy atom. The highest BCUT2D eigenvalue weighted by atomic mass is 19.4. The zero-order valence-electron chi connectivity index (χ0n) is 9.44. The minimum atomic E-state index is -4.59. The van der Waals surface area contributed by atoms with Gasteiger partial charge in [0.2, 0.25) is 0 Å². The van der Waals surface area contributed by atoms with Gasteiger partial charge in [-0.1, -0.05) is 24.3 Å². The standard InChI is InChI=1S/C13H7F3NO2/c14-13(15,16)11-7-3-1-5-9(11)10-6-2-4-8-12(10)17(18)19/h1-2,4-8H. The Labute approximate surface area is 106 Å². The molecule has 0 aromatic heterocycles. The summed E-state index contributed by atoms with van der Waals surface area (Å²) < 4.78 is 38.6. The molecule has 6 heteroatoms. The fourth-order valence-electron chi connectivity index (χ4n) is 1.76. The topological polar surface area (TPSA) is 43.1 Å². The molecule has 0 unspecified atom stereocenters. The molecule has 3 nitrogen and oxygen atoms in total. The van der Waals surface area contributed by atoms with Gasteiger partial charge in [0.15, 0.2) is 0 Å². The van der Waals surface area contributed by atoms with Gasteiger partial charge in [-0.25, -0.2) is 0 Å². The Balaban J connectivity index is 2.70. The van der Waals surface area contributed by atoms with Gasteiger partial charge in [-0.3, -0.25) is 10.1 Å². The van der Waals surface area contributed by atoms with E-state index in [0.717, 1.165) is 6.07 Å². The molecule has 1 radical (unpaired) electrons. The minimum Gasteiger partial charge on any atom is -0.258 e. The third-order valence-electron chi connectivity index (χ3n) is 2.56. The Kier molecular flexibility index (Phi) is 3.25. The lowest BCUT2D eigenvalue weighted by molar-refractivity contribution is -0.384. The highest BCUT2D eigenvalue weighted by Crippen LogP contribution is 2.39. The van der Waals surface area contributed by atoms with Crippen LogP contribution in [0, 0.1) is 16.2 Å². The monoisotopic (exact) mass is 266 g/mol. The number of hydrogen-bond donors (Lipinski definition) is 0. The van der Waals surface area contributed by atoms with Crippen LogP contribution >= 0.6 is 0 Å². The molecule has 0 aliphatic rings. The average molecular weight is 266 g/mol. The van der Waals surface area contributed by atoms with Crippen LogP contribution in [0.5, 0.6) is 0 Å². The summed E-state index contributed by atoms with van der Waals surface area (Å²) in [7, 11) is 0. The molecule has 0 aliphatic heterocycles. The van der Waals surface area contributed by atoms with Crippen molar-refractivity contribution < 1.29 is 18.1 Å². The van der Waals surface area contributed by atoms with Crippen molar-refractivity contribution in [3.8, 4) is 11.1 Å². The molecule has 2 aromatic carbocycles. The van der Waals surface area contributed by atoms with E-state index in [1.54, 1.807) is 0 Å². The summed E-state index contributed by atoms with van der Waals surface area (Å²) in [5.74, 6) is 0. The van der Waals surface area contributed by atoms with Crippen LogP contribution in [0.1, 0.15) is 5.56 Å². The van der Waals surface area contributed by atoms with Crippen LogP contribution in [0.2, 0.25) is 0 Å². The smallest absolute Gasteiger partial charge is 0.258 e. The molecule has 0 spiro atoms. The van der Waals surface area contributed by atoms with Gasteiger partial charge in [-0.15, -0.1) is 0 Å². The van der Waals surface area contributed by atoms with E-state index in [1.807, 2.05) is 0 Å². The number of alkyl halides is 3. The van der Waals surface area contributed by atoms with Crippen molar-refractivity contribution in [3.63, 3.8) is 0 Å². The highest BCUT2D eigenvalue weighted by Gasteiger charge is 2.34. The fraction of sp³-hybridized carbons (Fsp3) is 0.0769. The molecular weight excluding hydrogens is 259 g/mol. The number of halogens is 3. The summed E-state index contributed by atoms with van der Waals surface area (Å²) in [5.41, 5.74) is -1.59. The number of nitro groups is 1. The van der Waals surface area contributed by atoms with Gasteiger partial charge in [0.25, 0.3) is 5.69 Å². The molecule has 0 bridgehead atoms. The molecule has 2 aromatic rings. The average Bonchev–Trinajstić information content (AvgIpc) is 2.37. The first-order chi connectivity index (χ1) is 8.91. The van der Waals surface area contributed by atoms with Gasteiger partial charge in [0, 0.05) is 11.6 Å². The molecule has 97 valence electrons. The van der Waals surface area contributed by atoms with Crippen LogP contribution in [0.3, 0.4) is 0 Å². The Bertz CT molecular complexity index is 623. The van der Waals surface area contributed by atoms with E-state index in [4.69, 9.17) is 0 Å². The van der Waals surface area contributed by atoms with E-state index in [1.165, 1.54) is 36.4 Å². The van der Waals surface area contributed by atoms with Crippen molar-refractivity contribution in [3.05, 3.63) is 64.2 Å². The quantitative estimate of drug-likeness (QED) is 0.607. The number of hydrogen-bond acceptors (Lipinski definition) is 2. The Hall–Kier alpha value is -2.37. The van der Waals surface area contributed by atoms with E-state index < -0.39 is 16.7 Å². The summed E-state index contributed by atoms with van der Waals surface area (Å²) in [6.07, 6.45) is -4.59. The van der Waals surface area contributed by atoms with Crippen molar-refractivity contribution in [1.29, 1.82) is 0 Å². The van der Waals surface area contributed by atoms with Crippen molar-refractivity contribution in [1.82, 2.24) is 0 Å². The molecular formula is C13H7F3NO2. The Morgan fingerprint density at radius 1 is 1.11 bits per heavy atom. The van der Waals surface area contributed by atoms with E-state index >= 15 is 0 Å². The molecule has 0 fully saturated rings. The third kappa shape index (κ3) is 2.57. The van der Waals surface area contributed by atoms with Crippen LogP contribution in [-0.2, 0) is 6.18 Å². The van der Waals surface area contributed by atoms with Gasteiger partial charge in [-0.2, -0.15) is 13.2 Å². The predicted octanol–water partition coefficient (Wildman–Crippen LogP) is 4.08. The maximum atomic E-state index is 12.9. The maximum Gasteiger partial charge on any atom is 0.417 e. The molecule has 19 heavy (non-hydrogen) atoms. The van der Waals surface area contributed by atoms with E-state index in [2.05, 4.69) is 6.07 Å². The number of rotatable bonds is 2. The van der Waals surface area contributed by atoms with Crippen molar-refractivity contribution >= 4 is 5.69 Å².